The fraction of sp³-hybridized carbons (Fsp3) is 0.438. The number of rotatable bonds is 7. The van der Waals surface area contributed by atoms with Gasteiger partial charge in [0.25, 0.3) is 10.1 Å². The van der Waals surface area contributed by atoms with Gasteiger partial charge in [-0.2, -0.15) is 8.42 Å². The van der Waals surface area contributed by atoms with Crippen LogP contribution in [0.3, 0.4) is 0 Å². The maximum Gasteiger partial charge on any atom is 3.00 e. The van der Waals surface area contributed by atoms with Gasteiger partial charge in [0.1, 0.15) is 0 Å². The van der Waals surface area contributed by atoms with E-state index >= 15 is 0 Å². The van der Waals surface area contributed by atoms with E-state index in [-0.39, 0.29) is 81.6 Å². The summed E-state index contributed by atoms with van der Waals surface area (Å²) in [7, 11) is -4.41. The molecule has 4 nitrogen and oxygen atoms in total. The van der Waals surface area contributed by atoms with Crippen molar-refractivity contribution in [2.75, 3.05) is 6.61 Å². The molecule has 0 amide bonds. The molecule has 0 aliphatic rings. The van der Waals surface area contributed by atoms with E-state index in [0.717, 1.165) is 5.56 Å². The summed E-state index contributed by atoms with van der Waals surface area (Å²) in [6, 6.07) is 6.63. The predicted octanol–water partition coefficient (Wildman–Crippen LogP) is 4.10. The molecule has 0 saturated heterocycles. The van der Waals surface area contributed by atoms with Crippen molar-refractivity contribution in [2.24, 2.45) is 0 Å². The Labute approximate surface area is 179 Å². The molecular formula is C16H30CeO4SSi. The Bertz CT molecular complexity index is 489. The van der Waals surface area contributed by atoms with Gasteiger partial charge < -0.3 is 26.7 Å². The summed E-state index contributed by atoms with van der Waals surface area (Å²) < 4.78 is 34.4. The monoisotopic (exact) mass is 486 g/mol. The standard InChI is InChI=1S/C13H21O4SSi.3CH3.Ce/c1-11-5-7-13(8-6-11)18(14,15)16-10-9-12(2)17-19(3)4;;;;/h5-8,12H,9-10H2,1-4H3;3*1H3;/q;3*-1;+3. The molecule has 132 valence electrons. The third-order valence-electron chi connectivity index (χ3n) is 2.51. The van der Waals surface area contributed by atoms with Crippen molar-refractivity contribution in [3.63, 3.8) is 0 Å². The van der Waals surface area contributed by atoms with E-state index in [1.807, 2.05) is 26.9 Å². The molecule has 0 spiro atoms. The van der Waals surface area contributed by atoms with E-state index in [2.05, 4.69) is 0 Å². The van der Waals surface area contributed by atoms with E-state index in [9.17, 15) is 8.42 Å². The fourth-order valence-corrected chi connectivity index (χ4v) is 3.40. The van der Waals surface area contributed by atoms with Crippen LogP contribution in [0.2, 0.25) is 13.1 Å². The van der Waals surface area contributed by atoms with Gasteiger partial charge in [0.05, 0.1) is 11.5 Å². The zero-order valence-corrected chi connectivity index (χ0v) is 20.3. The van der Waals surface area contributed by atoms with Gasteiger partial charge >= 0.3 is 41.7 Å². The molecule has 7 heteroatoms. The summed E-state index contributed by atoms with van der Waals surface area (Å²) in [5.74, 6) is 0. The van der Waals surface area contributed by atoms with Crippen LogP contribution in [0, 0.1) is 71.0 Å². The second-order valence-corrected chi connectivity index (χ2v) is 8.38. The van der Waals surface area contributed by atoms with Gasteiger partial charge in [0.2, 0.25) is 9.04 Å². The normalized spacial score (nSPS) is 11.3. The van der Waals surface area contributed by atoms with Crippen LogP contribution in [0.5, 0.6) is 0 Å². The maximum atomic E-state index is 11.9. The van der Waals surface area contributed by atoms with Gasteiger partial charge in [0, 0.05) is 6.10 Å². The average Bonchev–Trinajstić information content (AvgIpc) is 2.28. The smallest absolute Gasteiger partial charge is 0.414 e. The molecule has 1 atom stereocenters. The zero-order valence-electron chi connectivity index (χ0n) is 15.3. The zero-order chi connectivity index (χ0) is 14.5. The van der Waals surface area contributed by atoms with Crippen molar-refractivity contribution in [3.8, 4) is 0 Å². The quantitative estimate of drug-likeness (QED) is 0.331. The van der Waals surface area contributed by atoms with Crippen molar-refractivity contribution in [1.29, 1.82) is 0 Å². The van der Waals surface area contributed by atoms with Crippen LogP contribution in [0.4, 0.5) is 0 Å². The summed E-state index contributed by atoms with van der Waals surface area (Å²) in [5.41, 5.74) is 1.02. The molecule has 0 aromatic heterocycles. The van der Waals surface area contributed by atoms with Crippen LogP contribution in [0.15, 0.2) is 29.2 Å². The molecule has 0 bridgehead atoms. The van der Waals surface area contributed by atoms with E-state index in [0.29, 0.717) is 6.42 Å². The summed E-state index contributed by atoms with van der Waals surface area (Å²) in [6.45, 7) is 8.08. The van der Waals surface area contributed by atoms with Crippen LogP contribution in [-0.2, 0) is 18.7 Å². The van der Waals surface area contributed by atoms with Gasteiger partial charge in [-0.1, -0.05) is 17.7 Å². The summed E-state index contributed by atoms with van der Waals surface area (Å²) >= 11 is 0. The molecule has 1 unspecified atom stereocenters. The largest absolute Gasteiger partial charge is 3.00 e. The fourth-order valence-electron chi connectivity index (χ4n) is 1.56. The maximum absolute atomic E-state index is 11.9. The third kappa shape index (κ3) is 12.7. The first-order chi connectivity index (χ1) is 8.81. The molecule has 1 aromatic carbocycles. The summed E-state index contributed by atoms with van der Waals surface area (Å²) in [6.07, 6.45) is 0.595. The Hall–Kier alpha value is 0.684. The predicted molar refractivity (Wildman–Crippen MR) is 96.2 cm³/mol. The molecule has 2 radical (unpaired) electrons. The van der Waals surface area contributed by atoms with Crippen LogP contribution in [-0.4, -0.2) is 30.2 Å². The van der Waals surface area contributed by atoms with Crippen LogP contribution in [0.25, 0.3) is 0 Å². The Balaban J connectivity index is -0.000000451. The van der Waals surface area contributed by atoms with Crippen LogP contribution >= 0.6 is 0 Å². The van der Waals surface area contributed by atoms with Crippen molar-refractivity contribution < 1.29 is 58.8 Å². The Morgan fingerprint density at radius 3 is 2.00 bits per heavy atom. The van der Waals surface area contributed by atoms with Gasteiger partial charge in [-0.05, 0) is 45.5 Å². The first-order valence-electron chi connectivity index (χ1n) is 6.24. The second-order valence-electron chi connectivity index (χ2n) is 4.71. The van der Waals surface area contributed by atoms with Gasteiger partial charge in [-0.3, -0.25) is 4.18 Å². The van der Waals surface area contributed by atoms with E-state index in [1.165, 1.54) is 0 Å². The van der Waals surface area contributed by atoms with Crippen molar-refractivity contribution in [3.05, 3.63) is 52.1 Å². The molecule has 0 heterocycles. The minimum Gasteiger partial charge on any atom is -0.414 e. The molecule has 0 aliphatic heterocycles. The molecular weight excluding hydrogens is 456 g/mol. The topological polar surface area (TPSA) is 52.6 Å². The van der Waals surface area contributed by atoms with Gasteiger partial charge in [-0.15, -0.1) is 0 Å². The van der Waals surface area contributed by atoms with Crippen molar-refractivity contribution in [1.82, 2.24) is 0 Å². The third-order valence-corrected chi connectivity index (χ3v) is 4.71. The van der Waals surface area contributed by atoms with Crippen molar-refractivity contribution in [2.45, 2.75) is 44.4 Å². The van der Waals surface area contributed by atoms with Gasteiger partial charge in [-0.25, -0.2) is 0 Å². The number of aryl methyl sites for hydroxylation is 1. The molecule has 1 rings (SSSR count). The van der Waals surface area contributed by atoms with Gasteiger partial charge in [0.15, 0.2) is 0 Å². The number of hydrogen-bond donors (Lipinski definition) is 0. The minimum absolute atomic E-state index is 0. The molecule has 0 N–H and O–H groups in total. The summed E-state index contributed by atoms with van der Waals surface area (Å²) in [5, 5.41) is 0. The Kier molecular flexibility index (Phi) is 20.5. The van der Waals surface area contributed by atoms with E-state index < -0.39 is 19.2 Å². The second kappa shape index (κ2) is 15.0. The van der Waals surface area contributed by atoms with E-state index in [1.54, 1.807) is 24.3 Å². The SMILES string of the molecule is Cc1ccc(S(=O)(=O)OCCC(C)O[Si](C)C)cc1.[CH3-].[CH3-].[CH3-].[Ce+3]. The molecule has 0 fully saturated rings. The Morgan fingerprint density at radius 2 is 1.57 bits per heavy atom. The number of hydrogen-bond acceptors (Lipinski definition) is 4. The average molecular weight is 487 g/mol. The molecule has 0 aliphatic carbocycles. The first kappa shape index (κ1) is 31.5. The minimum atomic E-state index is -3.65. The number of benzene rings is 1. The molecule has 1 aromatic rings. The van der Waals surface area contributed by atoms with Crippen LogP contribution in [0.1, 0.15) is 18.9 Å². The summed E-state index contributed by atoms with van der Waals surface area (Å²) in [4.78, 5) is 0.197. The Morgan fingerprint density at radius 1 is 1.09 bits per heavy atom. The van der Waals surface area contributed by atoms with Crippen LogP contribution < -0.4 is 0 Å². The van der Waals surface area contributed by atoms with Crippen molar-refractivity contribution >= 4 is 19.2 Å². The first-order valence-corrected chi connectivity index (χ1v) is 10.1. The molecule has 23 heavy (non-hydrogen) atoms. The van der Waals surface area contributed by atoms with E-state index in [4.69, 9.17) is 8.61 Å². The molecule has 0 saturated carbocycles.